The van der Waals surface area contributed by atoms with E-state index < -0.39 is 0 Å². The summed E-state index contributed by atoms with van der Waals surface area (Å²) in [4.78, 5) is 1.01. The second kappa shape index (κ2) is 4.71. The number of nitrogens with zero attached hydrogens (tertiary/aromatic N) is 2. The fourth-order valence-corrected chi connectivity index (χ4v) is 2.48. The quantitative estimate of drug-likeness (QED) is 0.849. The molecule has 0 spiro atoms. The second-order valence-corrected chi connectivity index (χ2v) is 4.82. The maximum Gasteiger partial charge on any atom is 0.120 e. The largest absolute Gasteiger partial charge is 0.497 e. The number of nitrogens with two attached hydrogens (primary N) is 1. The highest BCUT2D eigenvalue weighted by molar-refractivity contribution is 7.99. The average molecular weight is 249 g/mol. The average Bonchev–Trinajstić information content (AvgIpc) is 2.60. The number of methoxy groups -OCH3 is 1. The molecule has 0 atom stereocenters. The summed E-state index contributed by atoms with van der Waals surface area (Å²) >= 11 is 1.60. The third-order valence-corrected chi connectivity index (χ3v) is 3.57. The van der Waals surface area contributed by atoms with E-state index in [9.17, 15) is 0 Å². The van der Waals surface area contributed by atoms with Crippen molar-refractivity contribution in [3.8, 4) is 5.75 Å². The van der Waals surface area contributed by atoms with Crippen LogP contribution < -0.4 is 10.5 Å². The first kappa shape index (κ1) is 11.9. The Labute approximate surface area is 105 Å². The SMILES string of the molecule is COc1ccc(Sc2cc(C)nn2C)c(N)c1. The number of nitrogen functional groups attached to an aromatic ring is 1. The van der Waals surface area contributed by atoms with Gasteiger partial charge in [-0.05, 0) is 25.1 Å². The predicted molar refractivity (Wildman–Crippen MR) is 69.5 cm³/mol. The van der Waals surface area contributed by atoms with Crippen LogP contribution in [0.3, 0.4) is 0 Å². The van der Waals surface area contributed by atoms with Gasteiger partial charge in [-0.1, -0.05) is 11.8 Å². The molecule has 17 heavy (non-hydrogen) atoms. The van der Waals surface area contributed by atoms with Crippen LogP contribution in [-0.4, -0.2) is 16.9 Å². The summed E-state index contributed by atoms with van der Waals surface area (Å²) in [6.45, 7) is 1.97. The van der Waals surface area contributed by atoms with Crippen molar-refractivity contribution in [2.24, 2.45) is 7.05 Å². The van der Waals surface area contributed by atoms with E-state index in [1.54, 1.807) is 18.9 Å². The third kappa shape index (κ3) is 2.55. The van der Waals surface area contributed by atoms with Gasteiger partial charge in [0, 0.05) is 23.7 Å². The summed E-state index contributed by atoms with van der Waals surface area (Å²) in [5.74, 6) is 0.771. The summed E-state index contributed by atoms with van der Waals surface area (Å²) < 4.78 is 6.97. The van der Waals surface area contributed by atoms with Crippen molar-refractivity contribution in [3.05, 3.63) is 30.0 Å². The highest BCUT2D eigenvalue weighted by atomic mass is 32.2. The Balaban J connectivity index is 2.27. The minimum atomic E-state index is 0.716. The minimum Gasteiger partial charge on any atom is -0.497 e. The molecule has 0 radical (unpaired) electrons. The van der Waals surface area contributed by atoms with Crippen molar-refractivity contribution < 1.29 is 4.74 Å². The number of hydrogen-bond acceptors (Lipinski definition) is 4. The van der Waals surface area contributed by atoms with Crippen molar-refractivity contribution in [3.63, 3.8) is 0 Å². The molecule has 1 heterocycles. The minimum absolute atomic E-state index is 0.716. The molecule has 1 aromatic heterocycles. The van der Waals surface area contributed by atoms with Gasteiger partial charge in [0.15, 0.2) is 0 Å². The summed E-state index contributed by atoms with van der Waals surface area (Å²) in [6.07, 6.45) is 0. The van der Waals surface area contributed by atoms with Gasteiger partial charge in [-0.25, -0.2) is 0 Å². The molecule has 0 unspecified atom stereocenters. The first-order valence-electron chi connectivity index (χ1n) is 5.22. The normalized spacial score (nSPS) is 10.5. The lowest BCUT2D eigenvalue weighted by molar-refractivity contribution is 0.415. The molecule has 0 aliphatic rings. The number of aromatic nitrogens is 2. The summed E-state index contributed by atoms with van der Waals surface area (Å²) in [6, 6.07) is 7.73. The van der Waals surface area contributed by atoms with Crippen molar-refractivity contribution in [1.29, 1.82) is 0 Å². The number of ether oxygens (including phenoxy) is 1. The lowest BCUT2D eigenvalue weighted by atomic mass is 10.3. The topological polar surface area (TPSA) is 53.1 Å². The molecule has 1 aromatic carbocycles. The van der Waals surface area contributed by atoms with Crippen molar-refractivity contribution in [2.75, 3.05) is 12.8 Å². The van der Waals surface area contributed by atoms with Crippen molar-refractivity contribution in [1.82, 2.24) is 9.78 Å². The van der Waals surface area contributed by atoms with E-state index in [0.29, 0.717) is 5.69 Å². The molecule has 90 valence electrons. The first-order chi connectivity index (χ1) is 8.10. The lowest BCUT2D eigenvalue weighted by Gasteiger charge is -2.07. The van der Waals surface area contributed by atoms with E-state index in [1.165, 1.54) is 0 Å². The second-order valence-electron chi connectivity index (χ2n) is 3.75. The van der Waals surface area contributed by atoms with Crippen molar-refractivity contribution in [2.45, 2.75) is 16.8 Å². The molecule has 4 nitrogen and oxygen atoms in total. The first-order valence-corrected chi connectivity index (χ1v) is 6.04. The molecule has 2 aromatic rings. The zero-order valence-corrected chi connectivity index (χ0v) is 10.9. The highest BCUT2D eigenvalue weighted by Gasteiger charge is 2.07. The number of aryl methyl sites for hydroxylation is 2. The van der Waals surface area contributed by atoms with Gasteiger partial charge < -0.3 is 10.5 Å². The van der Waals surface area contributed by atoms with E-state index in [1.807, 2.05) is 42.9 Å². The van der Waals surface area contributed by atoms with E-state index in [0.717, 1.165) is 21.4 Å². The molecular formula is C12H15N3OS. The van der Waals surface area contributed by atoms with Crippen LogP contribution in [0, 0.1) is 6.92 Å². The van der Waals surface area contributed by atoms with Crippen LogP contribution in [0.1, 0.15) is 5.69 Å². The third-order valence-electron chi connectivity index (χ3n) is 2.39. The summed E-state index contributed by atoms with van der Waals surface area (Å²) in [7, 11) is 3.56. The maximum absolute atomic E-state index is 5.97. The molecule has 2 N–H and O–H groups in total. The Bertz CT molecular complexity index is 537. The van der Waals surface area contributed by atoms with E-state index in [-0.39, 0.29) is 0 Å². The molecule has 0 saturated heterocycles. The summed E-state index contributed by atoms with van der Waals surface area (Å²) in [5, 5.41) is 5.37. The van der Waals surface area contributed by atoms with E-state index >= 15 is 0 Å². The van der Waals surface area contributed by atoms with Gasteiger partial charge in [0.1, 0.15) is 5.75 Å². The van der Waals surface area contributed by atoms with Crippen molar-refractivity contribution >= 4 is 17.4 Å². The molecule has 2 rings (SSSR count). The van der Waals surface area contributed by atoms with Gasteiger partial charge in [0.05, 0.1) is 17.8 Å². The standard InChI is InChI=1S/C12H15N3OS/c1-8-6-12(15(2)14-8)17-11-5-4-9(16-3)7-10(11)13/h4-7H,13H2,1-3H3. The maximum atomic E-state index is 5.97. The molecule has 0 aliphatic heterocycles. The molecule has 0 bridgehead atoms. The van der Waals surface area contributed by atoms with Gasteiger partial charge in [-0.2, -0.15) is 5.10 Å². The van der Waals surface area contributed by atoms with Gasteiger partial charge >= 0.3 is 0 Å². The molecular weight excluding hydrogens is 234 g/mol. The van der Waals surface area contributed by atoms with Gasteiger partial charge in [0.2, 0.25) is 0 Å². The fraction of sp³-hybridized carbons (Fsp3) is 0.250. The van der Waals surface area contributed by atoms with Crippen LogP contribution >= 0.6 is 11.8 Å². The molecule has 0 amide bonds. The van der Waals surface area contributed by atoms with Gasteiger partial charge in [-0.15, -0.1) is 0 Å². The van der Waals surface area contributed by atoms with Gasteiger partial charge in [0.25, 0.3) is 0 Å². The molecule has 0 aliphatic carbocycles. The zero-order valence-electron chi connectivity index (χ0n) is 10.1. The molecule has 5 heteroatoms. The van der Waals surface area contributed by atoms with Crippen LogP contribution in [0.15, 0.2) is 34.2 Å². The Morgan fingerprint density at radius 3 is 2.65 bits per heavy atom. The predicted octanol–water partition coefficient (Wildman–Crippen LogP) is 2.47. The number of hydrogen-bond donors (Lipinski definition) is 1. The van der Waals surface area contributed by atoms with Gasteiger partial charge in [-0.3, -0.25) is 4.68 Å². The number of anilines is 1. The lowest BCUT2D eigenvalue weighted by Crippen LogP contribution is -1.94. The Hall–Kier alpha value is -1.62. The number of benzene rings is 1. The van der Waals surface area contributed by atoms with Crippen LogP contribution in [0.25, 0.3) is 0 Å². The molecule has 0 saturated carbocycles. The number of rotatable bonds is 3. The Morgan fingerprint density at radius 2 is 2.12 bits per heavy atom. The Morgan fingerprint density at radius 1 is 1.35 bits per heavy atom. The smallest absolute Gasteiger partial charge is 0.120 e. The summed E-state index contributed by atoms with van der Waals surface area (Å²) in [5.41, 5.74) is 7.69. The Kier molecular flexibility index (Phi) is 3.28. The van der Waals surface area contributed by atoms with E-state index in [2.05, 4.69) is 5.10 Å². The zero-order chi connectivity index (χ0) is 12.4. The monoisotopic (exact) mass is 249 g/mol. The fourth-order valence-electron chi connectivity index (χ4n) is 1.54. The highest BCUT2D eigenvalue weighted by Crippen LogP contribution is 2.34. The van der Waals surface area contributed by atoms with Crippen LogP contribution in [0.4, 0.5) is 5.69 Å². The molecule has 0 fully saturated rings. The van der Waals surface area contributed by atoms with Crippen LogP contribution in [-0.2, 0) is 7.05 Å². The van der Waals surface area contributed by atoms with Crippen LogP contribution in [0.5, 0.6) is 5.75 Å². The van der Waals surface area contributed by atoms with Crippen LogP contribution in [0.2, 0.25) is 0 Å². The van der Waals surface area contributed by atoms with E-state index in [4.69, 9.17) is 10.5 Å².